The van der Waals surface area contributed by atoms with E-state index in [1.165, 1.54) is 0 Å². The maximum absolute atomic E-state index is 11.8. The van der Waals surface area contributed by atoms with Gasteiger partial charge in [-0.1, -0.05) is 13.3 Å². The Morgan fingerprint density at radius 3 is 2.38 bits per heavy atom. The van der Waals surface area contributed by atoms with Gasteiger partial charge in [0, 0.05) is 6.54 Å². The van der Waals surface area contributed by atoms with Crippen LogP contribution < -0.4 is 4.72 Å². The van der Waals surface area contributed by atoms with Crippen LogP contribution in [0.2, 0.25) is 0 Å². The Labute approximate surface area is 92.9 Å². The van der Waals surface area contributed by atoms with Crippen molar-refractivity contribution in [2.45, 2.75) is 38.5 Å². The fraction of sp³-hybridized carbons (Fsp3) is 1.00. The quantitative estimate of drug-likeness (QED) is 0.720. The van der Waals surface area contributed by atoms with Gasteiger partial charge in [0.15, 0.2) is 6.10 Å². The van der Waals surface area contributed by atoms with Crippen LogP contribution in [0.4, 0.5) is 13.2 Å². The van der Waals surface area contributed by atoms with E-state index in [0.717, 1.165) is 0 Å². The minimum Gasteiger partial charge on any atom is -0.384 e. The summed E-state index contributed by atoms with van der Waals surface area (Å²) >= 11 is 0. The van der Waals surface area contributed by atoms with Crippen LogP contribution in [0, 0.1) is 0 Å². The summed E-state index contributed by atoms with van der Waals surface area (Å²) in [6, 6.07) is 0. The van der Waals surface area contributed by atoms with Crippen molar-refractivity contribution in [1.29, 1.82) is 0 Å². The smallest absolute Gasteiger partial charge is 0.384 e. The third-order valence-corrected chi connectivity index (χ3v) is 3.35. The van der Waals surface area contributed by atoms with Gasteiger partial charge in [0.25, 0.3) is 0 Å². The van der Waals surface area contributed by atoms with Crippen molar-refractivity contribution < 1.29 is 26.7 Å². The summed E-state index contributed by atoms with van der Waals surface area (Å²) in [5.74, 6) is -0.106. The first-order chi connectivity index (χ1) is 7.19. The number of halogens is 3. The predicted octanol–water partition coefficient (Wildman–Crippen LogP) is 1.02. The minimum absolute atomic E-state index is 0.106. The van der Waals surface area contributed by atoms with Crippen LogP contribution in [0.5, 0.6) is 0 Å². The zero-order chi connectivity index (χ0) is 12.8. The van der Waals surface area contributed by atoms with Gasteiger partial charge < -0.3 is 5.11 Å². The van der Waals surface area contributed by atoms with Crippen molar-refractivity contribution >= 4 is 10.0 Å². The average Bonchev–Trinajstić information content (AvgIpc) is 2.13. The molecule has 1 atom stereocenters. The zero-order valence-electron chi connectivity index (χ0n) is 8.92. The van der Waals surface area contributed by atoms with E-state index in [1.54, 1.807) is 0 Å². The van der Waals surface area contributed by atoms with E-state index in [2.05, 4.69) is 0 Å². The molecule has 0 aliphatic rings. The second kappa shape index (κ2) is 6.41. The van der Waals surface area contributed by atoms with E-state index in [1.807, 2.05) is 11.6 Å². The molecule has 0 aromatic rings. The molecular weight excluding hydrogens is 247 g/mol. The number of alkyl halides is 3. The third kappa shape index (κ3) is 7.02. The van der Waals surface area contributed by atoms with Crippen LogP contribution in [0.1, 0.15) is 26.2 Å². The van der Waals surface area contributed by atoms with E-state index in [9.17, 15) is 21.6 Å². The van der Waals surface area contributed by atoms with Gasteiger partial charge in [0.1, 0.15) is 0 Å². The monoisotopic (exact) mass is 263 g/mol. The Morgan fingerprint density at radius 2 is 1.94 bits per heavy atom. The van der Waals surface area contributed by atoms with Crippen LogP contribution in [0.15, 0.2) is 0 Å². The maximum atomic E-state index is 11.8. The van der Waals surface area contributed by atoms with Crippen LogP contribution in [-0.4, -0.2) is 38.1 Å². The molecule has 0 radical (unpaired) electrons. The second-order valence-electron chi connectivity index (χ2n) is 3.41. The van der Waals surface area contributed by atoms with Crippen LogP contribution in [-0.2, 0) is 10.0 Å². The highest BCUT2D eigenvalue weighted by Crippen LogP contribution is 2.21. The molecule has 98 valence electrons. The van der Waals surface area contributed by atoms with Crippen LogP contribution in [0.25, 0.3) is 0 Å². The van der Waals surface area contributed by atoms with E-state index in [0.29, 0.717) is 12.8 Å². The molecule has 4 nitrogen and oxygen atoms in total. The first-order valence-electron chi connectivity index (χ1n) is 4.91. The predicted molar refractivity (Wildman–Crippen MR) is 53.4 cm³/mol. The first kappa shape index (κ1) is 15.7. The number of aliphatic hydroxyl groups excluding tert-OH is 1. The molecule has 0 bridgehead atoms. The number of nitrogens with one attached hydrogen (secondary N) is 1. The van der Waals surface area contributed by atoms with Gasteiger partial charge in [-0.2, -0.15) is 13.2 Å². The summed E-state index contributed by atoms with van der Waals surface area (Å²) in [7, 11) is -3.51. The number of aliphatic hydroxyl groups is 1. The molecule has 0 fully saturated rings. The maximum Gasteiger partial charge on any atom is 0.414 e. The third-order valence-electron chi connectivity index (χ3n) is 1.88. The molecule has 16 heavy (non-hydrogen) atoms. The van der Waals surface area contributed by atoms with Crippen molar-refractivity contribution in [3.8, 4) is 0 Å². The number of rotatable bonds is 7. The SMILES string of the molecule is CCCCS(=O)(=O)NCC[C@@H](O)C(F)(F)F. The highest BCUT2D eigenvalue weighted by Gasteiger charge is 2.37. The molecule has 0 aromatic heterocycles. The van der Waals surface area contributed by atoms with Gasteiger partial charge >= 0.3 is 6.18 Å². The van der Waals surface area contributed by atoms with Gasteiger partial charge in [0.2, 0.25) is 10.0 Å². The minimum atomic E-state index is -4.70. The Bertz CT molecular complexity index is 289. The van der Waals surface area contributed by atoms with Gasteiger partial charge in [0.05, 0.1) is 5.75 Å². The second-order valence-corrected chi connectivity index (χ2v) is 5.34. The van der Waals surface area contributed by atoms with Crippen LogP contribution in [0.3, 0.4) is 0 Å². The molecule has 0 unspecified atom stereocenters. The molecular formula is C8H16F3NO3S. The van der Waals surface area contributed by atoms with E-state index in [4.69, 9.17) is 5.11 Å². The lowest BCUT2D eigenvalue weighted by molar-refractivity contribution is -0.204. The molecule has 8 heteroatoms. The molecule has 0 saturated heterocycles. The van der Waals surface area contributed by atoms with Gasteiger partial charge in [-0.15, -0.1) is 0 Å². The largest absolute Gasteiger partial charge is 0.414 e. The highest BCUT2D eigenvalue weighted by atomic mass is 32.2. The van der Waals surface area contributed by atoms with Crippen molar-refractivity contribution in [3.63, 3.8) is 0 Å². The number of hydrogen-bond donors (Lipinski definition) is 2. The topological polar surface area (TPSA) is 66.4 Å². The van der Waals surface area contributed by atoms with Crippen molar-refractivity contribution in [3.05, 3.63) is 0 Å². The summed E-state index contributed by atoms with van der Waals surface area (Å²) in [5, 5.41) is 8.60. The summed E-state index contributed by atoms with van der Waals surface area (Å²) in [5.41, 5.74) is 0. The molecule has 0 spiro atoms. The van der Waals surface area contributed by atoms with Gasteiger partial charge in [-0.05, 0) is 12.8 Å². The van der Waals surface area contributed by atoms with Crippen LogP contribution >= 0.6 is 0 Å². The zero-order valence-corrected chi connectivity index (χ0v) is 9.74. The Morgan fingerprint density at radius 1 is 1.38 bits per heavy atom. The molecule has 0 heterocycles. The molecule has 0 rings (SSSR count). The number of unbranched alkanes of at least 4 members (excludes halogenated alkanes) is 1. The molecule has 0 aliphatic heterocycles. The molecule has 0 aliphatic carbocycles. The summed E-state index contributed by atoms with van der Waals surface area (Å²) in [6.45, 7) is 1.40. The fourth-order valence-corrected chi connectivity index (χ4v) is 2.16. The fourth-order valence-electron chi connectivity index (χ4n) is 0.921. The van der Waals surface area contributed by atoms with E-state index >= 15 is 0 Å². The summed E-state index contributed by atoms with van der Waals surface area (Å²) in [6.07, 6.45) is -6.71. The first-order valence-corrected chi connectivity index (χ1v) is 6.56. The number of sulfonamides is 1. The molecule has 0 saturated carbocycles. The van der Waals surface area contributed by atoms with Gasteiger partial charge in [-0.25, -0.2) is 13.1 Å². The van der Waals surface area contributed by atoms with E-state index < -0.39 is 35.3 Å². The summed E-state index contributed by atoms with van der Waals surface area (Å²) < 4.78 is 59.8. The Kier molecular flexibility index (Phi) is 6.27. The van der Waals surface area contributed by atoms with E-state index in [-0.39, 0.29) is 5.75 Å². The lowest BCUT2D eigenvalue weighted by atomic mass is 10.2. The number of hydrogen-bond acceptors (Lipinski definition) is 3. The highest BCUT2D eigenvalue weighted by molar-refractivity contribution is 7.89. The Balaban J connectivity index is 3.90. The lowest BCUT2D eigenvalue weighted by Crippen LogP contribution is -2.34. The molecule has 0 aromatic carbocycles. The normalized spacial score (nSPS) is 15.1. The summed E-state index contributed by atoms with van der Waals surface area (Å²) in [4.78, 5) is 0. The Hall–Kier alpha value is -0.340. The van der Waals surface area contributed by atoms with Gasteiger partial charge in [-0.3, -0.25) is 0 Å². The molecule has 2 N–H and O–H groups in total. The van der Waals surface area contributed by atoms with Crippen molar-refractivity contribution in [1.82, 2.24) is 4.72 Å². The average molecular weight is 263 g/mol. The van der Waals surface area contributed by atoms with Crippen molar-refractivity contribution in [2.75, 3.05) is 12.3 Å². The van der Waals surface area contributed by atoms with Crippen molar-refractivity contribution in [2.24, 2.45) is 0 Å². The lowest BCUT2D eigenvalue weighted by Gasteiger charge is -2.14. The molecule has 0 amide bonds. The standard InChI is InChI=1S/C8H16F3NO3S/c1-2-3-6-16(14,15)12-5-4-7(13)8(9,10)11/h7,12-13H,2-6H2,1H3/t7-/m1/s1.